The van der Waals surface area contributed by atoms with Crippen LogP contribution in [0.25, 0.3) is 0 Å². The zero-order valence-corrected chi connectivity index (χ0v) is 10.3. The predicted octanol–water partition coefficient (Wildman–Crippen LogP) is 2.51. The molecule has 0 saturated carbocycles. The van der Waals surface area contributed by atoms with E-state index in [-0.39, 0.29) is 5.57 Å². The van der Waals surface area contributed by atoms with Crippen LogP contribution in [0.5, 0.6) is 0 Å². The highest BCUT2D eigenvalue weighted by Crippen LogP contribution is 1.93. The third kappa shape index (κ3) is 22.5. The van der Waals surface area contributed by atoms with Crippen molar-refractivity contribution in [1.29, 1.82) is 0 Å². The second kappa shape index (κ2) is 18.3. The van der Waals surface area contributed by atoms with Crippen LogP contribution in [0.4, 0.5) is 0 Å². The predicted molar refractivity (Wildman–Crippen MR) is 63.1 cm³/mol. The Hall–Kier alpha value is -0.540. The Morgan fingerprint density at radius 3 is 1.64 bits per heavy atom. The van der Waals surface area contributed by atoms with Gasteiger partial charge in [-0.2, -0.15) is 0 Å². The lowest BCUT2D eigenvalue weighted by molar-refractivity contribution is -0.132. The van der Waals surface area contributed by atoms with Crippen LogP contribution in [-0.2, 0) is 4.79 Å². The van der Waals surface area contributed by atoms with Crippen LogP contribution in [-0.4, -0.2) is 30.5 Å². The summed E-state index contributed by atoms with van der Waals surface area (Å²) in [7, 11) is 0. The molecule has 0 aromatic heterocycles. The van der Waals surface area contributed by atoms with Crippen molar-refractivity contribution in [2.45, 2.75) is 27.2 Å². The average molecular weight is 224 g/mol. The minimum absolute atomic E-state index is 0.264. The first-order valence-corrected chi connectivity index (χ1v) is 5.35. The van der Waals surface area contributed by atoms with Crippen molar-refractivity contribution < 1.29 is 9.90 Å². The number of hydrogen-bond donors (Lipinski definition) is 2. The molecule has 0 aromatic rings. The minimum atomic E-state index is -0.900. The van der Waals surface area contributed by atoms with Gasteiger partial charge in [0.15, 0.2) is 0 Å². The van der Waals surface area contributed by atoms with E-state index < -0.39 is 5.97 Å². The van der Waals surface area contributed by atoms with E-state index >= 15 is 0 Å². The molecule has 0 saturated heterocycles. The monoisotopic (exact) mass is 223 g/mol. The number of rotatable bonds is 4. The Morgan fingerprint density at radius 2 is 1.64 bits per heavy atom. The fraction of sp³-hybridized carbons (Fsp3) is 0.700. The quantitative estimate of drug-likeness (QED) is 0.569. The van der Waals surface area contributed by atoms with E-state index in [9.17, 15) is 4.79 Å². The largest absolute Gasteiger partial charge is 0.478 e. The van der Waals surface area contributed by atoms with Crippen molar-refractivity contribution >= 4 is 17.6 Å². The molecular formula is C10H22ClNO2. The summed E-state index contributed by atoms with van der Waals surface area (Å²) in [5.41, 5.74) is 0.264. The second-order valence-corrected chi connectivity index (χ2v) is 2.22. The first-order valence-electron chi connectivity index (χ1n) is 4.59. The molecule has 0 aliphatic heterocycles. The molecule has 4 heteroatoms. The summed E-state index contributed by atoms with van der Waals surface area (Å²) < 4.78 is 0. The highest BCUT2D eigenvalue weighted by Gasteiger charge is 1.96. The number of halogens is 1. The molecule has 14 heavy (non-hydrogen) atoms. The molecule has 0 aliphatic rings. The average Bonchev–Trinajstić information content (AvgIpc) is 2.21. The van der Waals surface area contributed by atoms with Crippen molar-refractivity contribution in [3.05, 3.63) is 12.2 Å². The topological polar surface area (TPSA) is 49.3 Å². The van der Waals surface area contributed by atoms with E-state index in [0.29, 0.717) is 6.42 Å². The van der Waals surface area contributed by atoms with Crippen molar-refractivity contribution in [2.24, 2.45) is 0 Å². The molecule has 2 N–H and O–H groups in total. The van der Waals surface area contributed by atoms with E-state index in [0.717, 1.165) is 13.1 Å². The molecule has 0 amide bonds. The third-order valence-electron chi connectivity index (χ3n) is 1.23. The van der Waals surface area contributed by atoms with E-state index in [1.54, 1.807) is 6.92 Å². The number of nitrogens with one attached hydrogen (secondary N) is 1. The molecule has 3 nitrogen and oxygen atoms in total. The maximum atomic E-state index is 9.83. The highest BCUT2D eigenvalue weighted by molar-refractivity contribution is 6.15. The van der Waals surface area contributed by atoms with E-state index in [2.05, 4.69) is 37.3 Å². The van der Waals surface area contributed by atoms with Gasteiger partial charge in [0, 0.05) is 12.0 Å². The maximum absolute atomic E-state index is 9.83. The normalized spacial score (nSPS) is 7.50. The Kier molecular flexibility index (Phi) is 24.9. The summed E-state index contributed by atoms with van der Waals surface area (Å²) >= 11 is 4.64. The first-order chi connectivity index (χ1) is 6.59. The van der Waals surface area contributed by atoms with Crippen LogP contribution < -0.4 is 5.32 Å². The van der Waals surface area contributed by atoms with Gasteiger partial charge in [0.05, 0.1) is 0 Å². The van der Waals surface area contributed by atoms with Crippen LogP contribution in [0.15, 0.2) is 12.2 Å². The van der Waals surface area contributed by atoms with Gasteiger partial charge in [0.1, 0.15) is 0 Å². The van der Waals surface area contributed by atoms with Gasteiger partial charge in [0.25, 0.3) is 0 Å². The van der Waals surface area contributed by atoms with Crippen LogP contribution >= 0.6 is 11.6 Å². The van der Waals surface area contributed by atoms with Crippen molar-refractivity contribution in [3.63, 3.8) is 0 Å². The minimum Gasteiger partial charge on any atom is -0.478 e. The van der Waals surface area contributed by atoms with Crippen molar-refractivity contribution in [2.75, 3.05) is 19.5 Å². The summed E-state index contributed by atoms with van der Waals surface area (Å²) in [6.45, 7) is 11.4. The van der Waals surface area contributed by atoms with Crippen LogP contribution in [0.3, 0.4) is 0 Å². The van der Waals surface area contributed by atoms with E-state index in [1.807, 2.05) is 0 Å². The zero-order chi connectivity index (χ0) is 12.0. The summed E-state index contributed by atoms with van der Waals surface area (Å²) in [5.74, 6) is -0.900. The highest BCUT2D eigenvalue weighted by atomic mass is 35.5. The maximum Gasteiger partial charge on any atom is 0.330 e. The van der Waals surface area contributed by atoms with Gasteiger partial charge >= 0.3 is 5.97 Å². The Morgan fingerprint density at radius 1 is 1.29 bits per heavy atom. The van der Waals surface area contributed by atoms with Gasteiger partial charge in [-0.3, -0.25) is 0 Å². The first kappa shape index (κ1) is 19.1. The Balaban J connectivity index is -0.000000152. The molecular weight excluding hydrogens is 202 g/mol. The van der Waals surface area contributed by atoms with Gasteiger partial charge in [0.2, 0.25) is 0 Å². The lowest BCUT2D eigenvalue weighted by Crippen LogP contribution is -2.09. The Bertz CT molecular complexity index is 136. The van der Waals surface area contributed by atoms with Crippen molar-refractivity contribution in [3.8, 4) is 0 Å². The molecule has 0 fully saturated rings. The van der Waals surface area contributed by atoms with Crippen LogP contribution in [0.2, 0.25) is 0 Å². The molecule has 0 heterocycles. The number of carboxylic acid groups (broad SMARTS) is 1. The van der Waals surface area contributed by atoms with Gasteiger partial charge in [-0.15, -0.1) is 11.6 Å². The lowest BCUT2D eigenvalue weighted by Gasteiger charge is -1.87. The summed E-state index contributed by atoms with van der Waals surface area (Å²) in [4.78, 5) is 9.83. The van der Waals surface area contributed by atoms with Crippen LogP contribution in [0, 0.1) is 0 Å². The lowest BCUT2D eigenvalue weighted by atomic mass is 10.2. The molecule has 0 bridgehead atoms. The molecule has 0 atom stereocenters. The number of aliphatic carboxylic acids is 1. The summed E-state index contributed by atoms with van der Waals surface area (Å²) in [5, 5.41) is 11.2. The second-order valence-electron chi connectivity index (χ2n) is 2.22. The molecule has 0 aromatic carbocycles. The zero-order valence-electron chi connectivity index (χ0n) is 9.56. The molecule has 0 rings (SSSR count). The standard InChI is InChI=1S/C5H8O2.C4H11N.CH3Cl/c1-3-4(2)5(6)7;1-3-5-4-2;1-2/h2-3H2,1H3,(H,6,7);5H,3-4H2,1-2H3;1H3. The number of carboxylic acids is 1. The van der Waals surface area contributed by atoms with Crippen LogP contribution in [0.1, 0.15) is 27.2 Å². The molecule has 0 spiro atoms. The fourth-order valence-corrected chi connectivity index (χ4v) is 0.401. The smallest absolute Gasteiger partial charge is 0.330 e. The molecule has 0 unspecified atom stereocenters. The van der Waals surface area contributed by atoms with Gasteiger partial charge < -0.3 is 10.4 Å². The molecule has 0 aliphatic carbocycles. The third-order valence-corrected chi connectivity index (χ3v) is 1.23. The Labute approximate surface area is 92.2 Å². The number of carbonyl (C=O) groups is 1. The SMILES string of the molecule is C=C(CC)C(=O)O.CCNCC.CCl. The summed E-state index contributed by atoms with van der Waals surface area (Å²) in [6.07, 6.45) is 2.00. The molecule has 0 radical (unpaired) electrons. The summed E-state index contributed by atoms with van der Waals surface area (Å²) in [6, 6.07) is 0. The fourth-order valence-electron chi connectivity index (χ4n) is 0.401. The number of hydrogen-bond acceptors (Lipinski definition) is 2. The van der Waals surface area contributed by atoms with E-state index in [1.165, 1.54) is 6.38 Å². The van der Waals surface area contributed by atoms with E-state index in [4.69, 9.17) is 5.11 Å². The number of alkyl halides is 1. The van der Waals surface area contributed by atoms with Gasteiger partial charge in [-0.1, -0.05) is 27.4 Å². The molecule has 86 valence electrons. The van der Waals surface area contributed by atoms with Gasteiger partial charge in [-0.25, -0.2) is 4.79 Å². The van der Waals surface area contributed by atoms with Crippen molar-refractivity contribution in [1.82, 2.24) is 5.32 Å². The van der Waals surface area contributed by atoms with Gasteiger partial charge in [-0.05, 0) is 19.5 Å².